The van der Waals surface area contributed by atoms with E-state index in [0.717, 1.165) is 11.3 Å². The molecule has 0 bridgehead atoms. The molecule has 2 N–H and O–H groups in total. The fourth-order valence-corrected chi connectivity index (χ4v) is 2.17. The van der Waals surface area contributed by atoms with Gasteiger partial charge in [-0.25, -0.2) is 4.39 Å². The molecule has 0 aromatic heterocycles. The fraction of sp³-hybridized carbons (Fsp3) is 0.0625. The van der Waals surface area contributed by atoms with Crippen molar-refractivity contribution in [1.29, 1.82) is 0 Å². The van der Waals surface area contributed by atoms with Crippen molar-refractivity contribution in [2.24, 2.45) is 0 Å². The van der Waals surface area contributed by atoms with Crippen molar-refractivity contribution in [1.82, 2.24) is 0 Å². The van der Waals surface area contributed by atoms with Gasteiger partial charge in [-0.1, -0.05) is 36.2 Å². The summed E-state index contributed by atoms with van der Waals surface area (Å²) >= 11 is 1.51. The van der Waals surface area contributed by atoms with Crippen molar-refractivity contribution in [3.05, 3.63) is 58.9 Å². The third-order valence-corrected chi connectivity index (χ3v) is 3.28. The second-order valence-corrected chi connectivity index (χ2v) is 4.93. The van der Waals surface area contributed by atoms with E-state index in [1.54, 1.807) is 6.08 Å². The van der Waals surface area contributed by atoms with Gasteiger partial charge >= 0.3 is 0 Å². The van der Waals surface area contributed by atoms with Crippen molar-refractivity contribution in [3.8, 4) is 5.75 Å². The number of halogens is 1. The zero-order chi connectivity index (χ0) is 15.2. The Morgan fingerprint density at radius 3 is 2.43 bits per heavy atom. The minimum absolute atomic E-state index is 0.0610. The first-order valence-electron chi connectivity index (χ1n) is 6.19. The predicted octanol–water partition coefficient (Wildman–Crippen LogP) is 4.20. The number of aromatic hydroxyl groups is 1. The Morgan fingerprint density at radius 1 is 1.14 bits per heavy atom. The Kier molecular flexibility index (Phi) is 5.00. The van der Waals surface area contributed by atoms with Crippen LogP contribution in [0.3, 0.4) is 0 Å². The third-order valence-electron chi connectivity index (χ3n) is 2.84. The van der Waals surface area contributed by atoms with E-state index in [1.807, 2.05) is 36.6 Å². The minimum Gasteiger partial charge on any atom is -0.504 e. The summed E-state index contributed by atoms with van der Waals surface area (Å²) in [7, 11) is 0. The Balaban J connectivity index is 2.20. The van der Waals surface area contributed by atoms with E-state index < -0.39 is 11.6 Å². The van der Waals surface area contributed by atoms with Gasteiger partial charge in [-0.15, -0.1) is 0 Å². The van der Waals surface area contributed by atoms with E-state index in [2.05, 4.69) is 4.72 Å². The molecule has 3 nitrogen and oxygen atoms in total. The average molecular weight is 303 g/mol. The monoisotopic (exact) mass is 303 g/mol. The van der Waals surface area contributed by atoms with Crippen LogP contribution in [0.4, 0.5) is 10.1 Å². The fourth-order valence-electron chi connectivity index (χ4n) is 1.80. The third kappa shape index (κ3) is 3.86. The molecule has 0 spiro atoms. The van der Waals surface area contributed by atoms with Gasteiger partial charge in [-0.05, 0) is 35.4 Å². The predicted molar refractivity (Wildman–Crippen MR) is 86.0 cm³/mol. The zero-order valence-corrected chi connectivity index (χ0v) is 12.2. The Bertz CT molecular complexity index is 669. The SMILES string of the molecule is CSNc1ccc(/C=C/c2cc(F)c(O)c(C=O)c2)cc1. The van der Waals surface area contributed by atoms with E-state index in [1.165, 1.54) is 24.1 Å². The quantitative estimate of drug-likeness (QED) is 0.493. The number of benzene rings is 2. The topological polar surface area (TPSA) is 49.3 Å². The number of hydrogen-bond donors (Lipinski definition) is 2. The average Bonchev–Trinajstić information content (AvgIpc) is 2.50. The summed E-state index contributed by atoms with van der Waals surface area (Å²) in [5.74, 6) is -1.42. The van der Waals surface area contributed by atoms with E-state index >= 15 is 0 Å². The van der Waals surface area contributed by atoms with Crippen LogP contribution in [0.5, 0.6) is 5.75 Å². The van der Waals surface area contributed by atoms with Crippen molar-refractivity contribution < 1.29 is 14.3 Å². The van der Waals surface area contributed by atoms with Gasteiger partial charge in [-0.2, -0.15) is 0 Å². The lowest BCUT2D eigenvalue weighted by Crippen LogP contribution is -1.88. The number of aldehydes is 1. The molecule has 0 amide bonds. The Labute approximate surface area is 126 Å². The summed E-state index contributed by atoms with van der Waals surface area (Å²) in [6, 6.07) is 10.3. The summed E-state index contributed by atoms with van der Waals surface area (Å²) < 4.78 is 16.6. The van der Waals surface area contributed by atoms with Gasteiger partial charge in [0.25, 0.3) is 0 Å². The molecule has 2 aromatic carbocycles. The molecular weight excluding hydrogens is 289 g/mol. The van der Waals surface area contributed by atoms with Gasteiger partial charge in [0.05, 0.1) is 5.56 Å². The van der Waals surface area contributed by atoms with Gasteiger partial charge < -0.3 is 9.83 Å². The first-order chi connectivity index (χ1) is 10.1. The molecule has 0 unspecified atom stereocenters. The lowest BCUT2D eigenvalue weighted by Gasteiger charge is -2.03. The standard InChI is InChI=1S/C16H14FNO2S/c1-21-18-14-6-4-11(5-7-14)2-3-12-8-13(10-19)16(20)15(17)9-12/h2-10,18,20H,1H3/b3-2+. The summed E-state index contributed by atoms with van der Waals surface area (Å²) in [5, 5.41) is 9.35. The molecule has 2 aromatic rings. The van der Waals surface area contributed by atoms with Gasteiger partial charge in [0.1, 0.15) is 0 Å². The molecular formula is C16H14FNO2S. The molecule has 0 aliphatic heterocycles. The van der Waals surface area contributed by atoms with Crippen LogP contribution in [0, 0.1) is 5.82 Å². The lowest BCUT2D eigenvalue weighted by atomic mass is 10.1. The van der Waals surface area contributed by atoms with Gasteiger partial charge in [0.15, 0.2) is 17.9 Å². The summed E-state index contributed by atoms with van der Waals surface area (Å²) in [6.07, 6.45) is 5.87. The van der Waals surface area contributed by atoms with Gasteiger partial charge in [0.2, 0.25) is 0 Å². The molecule has 0 saturated heterocycles. The number of phenolic OH excluding ortho intramolecular Hbond substituents is 1. The highest BCUT2D eigenvalue weighted by Crippen LogP contribution is 2.23. The molecule has 108 valence electrons. The highest BCUT2D eigenvalue weighted by Gasteiger charge is 2.07. The number of rotatable bonds is 5. The first-order valence-corrected chi connectivity index (χ1v) is 7.41. The van der Waals surface area contributed by atoms with E-state index in [0.29, 0.717) is 11.8 Å². The van der Waals surface area contributed by atoms with E-state index in [4.69, 9.17) is 0 Å². The second kappa shape index (κ2) is 6.95. The molecule has 0 radical (unpaired) electrons. The molecule has 0 aliphatic rings. The molecule has 0 aliphatic carbocycles. The highest BCUT2D eigenvalue weighted by atomic mass is 32.2. The van der Waals surface area contributed by atoms with Crippen LogP contribution in [0.1, 0.15) is 21.5 Å². The van der Waals surface area contributed by atoms with Gasteiger partial charge in [0, 0.05) is 11.9 Å². The van der Waals surface area contributed by atoms with Crippen molar-refractivity contribution in [2.45, 2.75) is 0 Å². The molecule has 0 heterocycles. The Morgan fingerprint density at radius 2 is 1.81 bits per heavy atom. The molecule has 0 saturated carbocycles. The largest absolute Gasteiger partial charge is 0.504 e. The molecule has 0 atom stereocenters. The number of hydrogen-bond acceptors (Lipinski definition) is 4. The van der Waals surface area contributed by atoms with Crippen LogP contribution in [0.2, 0.25) is 0 Å². The Hall–Kier alpha value is -2.27. The highest BCUT2D eigenvalue weighted by molar-refractivity contribution is 7.99. The number of anilines is 1. The smallest absolute Gasteiger partial charge is 0.166 e. The summed E-state index contributed by atoms with van der Waals surface area (Å²) in [6.45, 7) is 0. The van der Waals surface area contributed by atoms with Crippen molar-refractivity contribution >= 4 is 36.1 Å². The van der Waals surface area contributed by atoms with Crippen LogP contribution < -0.4 is 4.72 Å². The van der Waals surface area contributed by atoms with Gasteiger partial charge in [-0.3, -0.25) is 4.79 Å². The summed E-state index contributed by atoms with van der Waals surface area (Å²) in [4.78, 5) is 10.7. The second-order valence-electron chi connectivity index (χ2n) is 4.32. The maximum Gasteiger partial charge on any atom is 0.166 e. The maximum absolute atomic E-state index is 13.4. The molecule has 5 heteroatoms. The molecule has 21 heavy (non-hydrogen) atoms. The van der Waals surface area contributed by atoms with Crippen molar-refractivity contribution in [3.63, 3.8) is 0 Å². The van der Waals surface area contributed by atoms with Crippen LogP contribution >= 0.6 is 11.9 Å². The van der Waals surface area contributed by atoms with Crippen LogP contribution in [0.15, 0.2) is 36.4 Å². The number of carbonyl (C=O) groups excluding carboxylic acids is 1. The molecule has 0 fully saturated rings. The van der Waals surface area contributed by atoms with Crippen molar-refractivity contribution in [2.75, 3.05) is 11.0 Å². The van der Waals surface area contributed by atoms with E-state index in [-0.39, 0.29) is 5.56 Å². The number of nitrogens with one attached hydrogen (secondary N) is 1. The number of phenols is 1. The normalized spacial score (nSPS) is 10.8. The molecule has 2 rings (SSSR count). The van der Waals surface area contributed by atoms with E-state index in [9.17, 15) is 14.3 Å². The maximum atomic E-state index is 13.4. The zero-order valence-electron chi connectivity index (χ0n) is 11.3. The first kappa shape index (κ1) is 15.1. The van der Waals surface area contributed by atoms with Crippen LogP contribution in [-0.2, 0) is 0 Å². The lowest BCUT2D eigenvalue weighted by molar-refractivity contribution is 0.112. The number of carbonyl (C=O) groups is 1. The summed E-state index contributed by atoms with van der Waals surface area (Å²) in [5.41, 5.74) is 2.40. The van der Waals surface area contributed by atoms with Crippen LogP contribution in [-0.4, -0.2) is 17.6 Å². The minimum atomic E-state index is -0.807. The van der Waals surface area contributed by atoms with Crippen LogP contribution in [0.25, 0.3) is 12.2 Å².